The van der Waals surface area contributed by atoms with Crippen LogP contribution in [0.5, 0.6) is 0 Å². The first-order valence-corrected chi connectivity index (χ1v) is 6.14. The van der Waals surface area contributed by atoms with Crippen molar-refractivity contribution in [3.63, 3.8) is 0 Å². The molecule has 0 aromatic heterocycles. The maximum absolute atomic E-state index is 2.50. The predicted molar refractivity (Wildman–Crippen MR) is 62.0 cm³/mol. The summed E-state index contributed by atoms with van der Waals surface area (Å²) in [5, 5.41) is 0. The van der Waals surface area contributed by atoms with Gasteiger partial charge in [0.05, 0.1) is 0 Å². The van der Waals surface area contributed by atoms with E-state index in [9.17, 15) is 0 Å². The Kier molecular flexibility index (Phi) is 6.45. The molecule has 13 heavy (non-hydrogen) atoms. The SMILES string of the molecule is CCCC(C)(CCC)C(CC)CC. The van der Waals surface area contributed by atoms with Crippen LogP contribution in [0, 0.1) is 11.3 Å². The van der Waals surface area contributed by atoms with Crippen LogP contribution in [0.2, 0.25) is 0 Å². The van der Waals surface area contributed by atoms with Gasteiger partial charge in [0.25, 0.3) is 0 Å². The molecule has 0 aromatic rings. The summed E-state index contributed by atoms with van der Waals surface area (Å²) >= 11 is 0. The van der Waals surface area contributed by atoms with E-state index in [1.807, 2.05) is 0 Å². The Morgan fingerprint density at radius 3 is 1.46 bits per heavy atom. The van der Waals surface area contributed by atoms with Crippen molar-refractivity contribution in [2.45, 2.75) is 73.1 Å². The fraction of sp³-hybridized carbons (Fsp3) is 1.00. The molecule has 0 bridgehead atoms. The Balaban J connectivity index is 4.33. The standard InChI is InChI=1S/C13H28/c1-6-10-13(5,11-7-2)12(8-3)9-4/h12H,6-11H2,1-5H3. The van der Waals surface area contributed by atoms with Gasteiger partial charge in [-0.3, -0.25) is 0 Å². The van der Waals surface area contributed by atoms with E-state index in [4.69, 9.17) is 0 Å². The largest absolute Gasteiger partial charge is 0.0654 e. The molecular formula is C13H28. The molecule has 0 saturated carbocycles. The van der Waals surface area contributed by atoms with Crippen molar-refractivity contribution in [2.24, 2.45) is 11.3 Å². The molecule has 0 amide bonds. The van der Waals surface area contributed by atoms with Crippen LogP contribution >= 0.6 is 0 Å². The third-order valence-corrected chi connectivity index (χ3v) is 3.61. The van der Waals surface area contributed by atoms with Crippen LogP contribution in [0.15, 0.2) is 0 Å². The van der Waals surface area contributed by atoms with Gasteiger partial charge in [0, 0.05) is 0 Å². The first kappa shape index (κ1) is 13.0. The second-order valence-corrected chi connectivity index (χ2v) is 4.67. The molecule has 0 aromatic carbocycles. The van der Waals surface area contributed by atoms with Gasteiger partial charge in [-0.05, 0) is 24.2 Å². The lowest BCUT2D eigenvalue weighted by Gasteiger charge is -2.37. The van der Waals surface area contributed by atoms with Crippen LogP contribution in [-0.2, 0) is 0 Å². The van der Waals surface area contributed by atoms with Crippen LogP contribution in [0.4, 0.5) is 0 Å². The Morgan fingerprint density at radius 2 is 1.23 bits per heavy atom. The average molecular weight is 184 g/mol. The van der Waals surface area contributed by atoms with E-state index in [-0.39, 0.29) is 0 Å². The topological polar surface area (TPSA) is 0 Å². The van der Waals surface area contributed by atoms with E-state index in [0.717, 1.165) is 5.92 Å². The summed E-state index contributed by atoms with van der Waals surface area (Å²) in [6.07, 6.45) is 8.21. The van der Waals surface area contributed by atoms with Gasteiger partial charge in [0.15, 0.2) is 0 Å². The van der Waals surface area contributed by atoms with Gasteiger partial charge in [-0.15, -0.1) is 0 Å². The lowest BCUT2D eigenvalue weighted by molar-refractivity contribution is 0.140. The highest BCUT2D eigenvalue weighted by Gasteiger charge is 2.29. The normalized spacial score (nSPS) is 12.5. The molecule has 0 nitrogen and oxygen atoms in total. The van der Waals surface area contributed by atoms with Crippen LogP contribution in [0.1, 0.15) is 73.1 Å². The average Bonchev–Trinajstić information content (AvgIpc) is 2.07. The summed E-state index contributed by atoms with van der Waals surface area (Å²) in [6.45, 7) is 11.8. The lowest BCUT2D eigenvalue weighted by atomic mass is 9.69. The van der Waals surface area contributed by atoms with Gasteiger partial charge in [0.2, 0.25) is 0 Å². The van der Waals surface area contributed by atoms with Crippen molar-refractivity contribution in [3.8, 4) is 0 Å². The van der Waals surface area contributed by atoms with Crippen LogP contribution in [0.25, 0.3) is 0 Å². The number of hydrogen-bond donors (Lipinski definition) is 0. The molecule has 0 saturated heterocycles. The summed E-state index contributed by atoms with van der Waals surface area (Å²) in [6, 6.07) is 0. The lowest BCUT2D eigenvalue weighted by Crippen LogP contribution is -2.26. The fourth-order valence-corrected chi connectivity index (χ4v) is 2.95. The van der Waals surface area contributed by atoms with Crippen LogP contribution in [-0.4, -0.2) is 0 Å². The van der Waals surface area contributed by atoms with Crippen molar-refractivity contribution < 1.29 is 0 Å². The van der Waals surface area contributed by atoms with Gasteiger partial charge in [-0.1, -0.05) is 60.3 Å². The predicted octanol–water partition coefficient (Wildman–Crippen LogP) is 5.03. The minimum Gasteiger partial charge on any atom is -0.0654 e. The molecular weight excluding hydrogens is 156 g/mol. The van der Waals surface area contributed by atoms with E-state index in [1.165, 1.54) is 38.5 Å². The monoisotopic (exact) mass is 184 g/mol. The molecule has 0 heteroatoms. The molecule has 0 fully saturated rings. The van der Waals surface area contributed by atoms with Crippen molar-refractivity contribution in [2.75, 3.05) is 0 Å². The van der Waals surface area contributed by atoms with Crippen molar-refractivity contribution in [1.82, 2.24) is 0 Å². The molecule has 0 heterocycles. The van der Waals surface area contributed by atoms with Crippen molar-refractivity contribution >= 4 is 0 Å². The summed E-state index contributed by atoms with van der Waals surface area (Å²) in [4.78, 5) is 0. The maximum atomic E-state index is 2.50. The quantitative estimate of drug-likeness (QED) is 0.520. The Labute approximate surface area is 85.1 Å². The minimum absolute atomic E-state index is 0.618. The molecule has 0 radical (unpaired) electrons. The third kappa shape index (κ3) is 3.70. The van der Waals surface area contributed by atoms with Gasteiger partial charge in [0.1, 0.15) is 0 Å². The van der Waals surface area contributed by atoms with E-state index in [1.54, 1.807) is 0 Å². The van der Waals surface area contributed by atoms with Crippen molar-refractivity contribution in [1.29, 1.82) is 0 Å². The summed E-state index contributed by atoms with van der Waals surface area (Å²) in [7, 11) is 0. The number of rotatable bonds is 7. The molecule has 0 aliphatic heterocycles. The fourth-order valence-electron chi connectivity index (χ4n) is 2.95. The first-order valence-electron chi connectivity index (χ1n) is 6.14. The van der Waals surface area contributed by atoms with Gasteiger partial charge < -0.3 is 0 Å². The summed E-state index contributed by atoms with van der Waals surface area (Å²) in [5.74, 6) is 0.937. The molecule has 0 unspecified atom stereocenters. The minimum atomic E-state index is 0.618. The highest BCUT2D eigenvalue weighted by Crippen LogP contribution is 2.40. The highest BCUT2D eigenvalue weighted by atomic mass is 14.3. The first-order chi connectivity index (χ1) is 6.14. The molecule has 0 atom stereocenters. The van der Waals surface area contributed by atoms with E-state index >= 15 is 0 Å². The molecule has 0 aliphatic rings. The molecule has 0 spiro atoms. The van der Waals surface area contributed by atoms with E-state index in [2.05, 4.69) is 34.6 Å². The molecule has 0 N–H and O–H groups in total. The second kappa shape index (κ2) is 6.45. The summed E-state index contributed by atoms with van der Waals surface area (Å²) < 4.78 is 0. The molecule has 0 rings (SSSR count). The summed E-state index contributed by atoms with van der Waals surface area (Å²) in [5.41, 5.74) is 0.618. The van der Waals surface area contributed by atoms with E-state index in [0.29, 0.717) is 5.41 Å². The highest BCUT2D eigenvalue weighted by molar-refractivity contribution is 4.80. The van der Waals surface area contributed by atoms with Gasteiger partial charge in [-0.2, -0.15) is 0 Å². The van der Waals surface area contributed by atoms with Gasteiger partial charge >= 0.3 is 0 Å². The van der Waals surface area contributed by atoms with Crippen LogP contribution in [0.3, 0.4) is 0 Å². The number of hydrogen-bond acceptors (Lipinski definition) is 0. The Bertz CT molecular complexity index is 105. The zero-order valence-corrected chi connectivity index (χ0v) is 10.3. The van der Waals surface area contributed by atoms with Crippen LogP contribution < -0.4 is 0 Å². The van der Waals surface area contributed by atoms with Gasteiger partial charge in [-0.25, -0.2) is 0 Å². The molecule has 80 valence electrons. The Morgan fingerprint density at radius 1 is 0.846 bits per heavy atom. The zero-order chi connectivity index (χ0) is 10.3. The van der Waals surface area contributed by atoms with Crippen molar-refractivity contribution in [3.05, 3.63) is 0 Å². The Hall–Kier alpha value is 0. The zero-order valence-electron chi connectivity index (χ0n) is 10.3. The third-order valence-electron chi connectivity index (χ3n) is 3.61. The maximum Gasteiger partial charge on any atom is -0.0298 e. The molecule has 0 aliphatic carbocycles. The smallest absolute Gasteiger partial charge is 0.0298 e. The van der Waals surface area contributed by atoms with E-state index < -0.39 is 0 Å². The second-order valence-electron chi connectivity index (χ2n) is 4.67.